The molecule has 0 bridgehead atoms. The summed E-state index contributed by atoms with van der Waals surface area (Å²) >= 11 is 0. The van der Waals surface area contributed by atoms with Crippen LogP contribution in [-0.4, -0.2) is 11.0 Å². The van der Waals surface area contributed by atoms with Crippen LogP contribution in [0.1, 0.15) is 18.2 Å². The van der Waals surface area contributed by atoms with Gasteiger partial charge >= 0.3 is 12.1 Å². The third-order valence-corrected chi connectivity index (χ3v) is 2.50. The van der Waals surface area contributed by atoms with Crippen molar-refractivity contribution in [3.63, 3.8) is 0 Å². The van der Waals surface area contributed by atoms with Crippen molar-refractivity contribution >= 4 is 16.9 Å². The summed E-state index contributed by atoms with van der Waals surface area (Å²) in [4.78, 5) is 13.7. The summed E-state index contributed by atoms with van der Waals surface area (Å²) in [6.07, 6.45) is -4.39. The quantitative estimate of drug-likeness (QED) is 0.795. The number of ether oxygens (including phenoxy) is 1. The first-order chi connectivity index (χ1) is 8.29. The van der Waals surface area contributed by atoms with Crippen molar-refractivity contribution in [2.24, 2.45) is 0 Å². The monoisotopic (exact) mass is 257 g/mol. The lowest BCUT2D eigenvalue weighted by Gasteiger charge is -2.06. The van der Waals surface area contributed by atoms with Gasteiger partial charge in [0.15, 0.2) is 5.75 Å². The maximum atomic E-state index is 12.5. The Morgan fingerprint density at radius 1 is 1.33 bits per heavy atom. The predicted octanol–water partition coefficient (Wildman–Crippen LogP) is 3.42. The summed E-state index contributed by atoms with van der Waals surface area (Å²) < 4.78 is 42.6. The highest BCUT2D eigenvalue weighted by molar-refractivity contribution is 5.90. The van der Waals surface area contributed by atoms with E-state index in [0.717, 1.165) is 12.1 Å². The number of aromatic amines is 1. The topological polar surface area (TPSA) is 42.1 Å². The first-order valence-corrected chi connectivity index (χ1v) is 5.17. The molecule has 2 rings (SSSR count). The van der Waals surface area contributed by atoms with Crippen molar-refractivity contribution in [1.82, 2.24) is 4.98 Å². The van der Waals surface area contributed by atoms with Crippen LogP contribution in [0.5, 0.6) is 5.75 Å². The highest BCUT2D eigenvalue weighted by atomic mass is 19.4. The molecule has 3 nitrogen and oxygen atoms in total. The Kier molecular flexibility index (Phi) is 2.80. The van der Waals surface area contributed by atoms with E-state index in [2.05, 4.69) is 4.98 Å². The number of nitrogens with one attached hydrogen (secondary N) is 1. The number of rotatable bonds is 1. The third-order valence-electron chi connectivity index (χ3n) is 2.50. The van der Waals surface area contributed by atoms with Crippen molar-refractivity contribution in [3.8, 4) is 5.75 Å². The molecule has 0 radical (unpaired) electrons. The number of hydrogen-bond acceptors (Lipinski definition) is 2. The molecule has 2 aromatic rings. The van der Waals surface area contributed by atoms with Crippen molar-refractivity contribution in [3.05, 3.63) is 29.5 Å². The van der Waals surface area contributed by atoms with Crippen LogP contribution in [0.15, 0.2) is 18.2 Å². The third kappa shape index (κ3) is 2.18. The fourth-order valence-electron chi connectivity index (χ4n) is 1.76. The minimum atomic E-state index is -4.39. The zero-order valence-corrected chi connectivity index (χ0v) is 9.68. The maximum Gasteiger partial charge on any atom is 0.416 e. The molecule has 0 aliphatic heterocycles. The Hall–Kier alpha value is -1.98. The van der Waals surface area contributed by atoms with Gasteiger partial charge in [-0.1, -0.05) is 0 Å². The molecule has 1 heterocycles. The summed E-state index contributed by atoms with van der Waals surface area (Å²) in [6.45, 7) is 2.87. The van der Waals surface area contributed by atoms with E-state index in [9.17, 15) is 18.0 Å². The van der Waals surface area contributed by atoms with Gasteiger partial charge in [-0.2, -0.15) is 13.2 Å². The normalized spacial score (nSPS) is 11.8. The molecule has 1 aromatic heterocycles. The average Bonchev–Trinajstić information content (AvgIpc) is 2.53. The summed E-state index contributed by atoms with van der Waals surface area (Å²) in [6, 6.07) is 3.25. The molecule has 0 aliphatic rings. The molecule has 96 valence electrons. The van der Waals surface area contributed by atoms with E-state index in [4.69, 9.17) is 4.74 Å². The number of carbonyl (C=O) groups is 1. The van der Waals surface area contributed by atoms with Crippen molar-refractivity contribution < 1.29 is 22.7 Å². The summed E-state index contributed by atoms with van der Waals surface area (Å²) in [7, 11) is 0. The van der Waals surface area contributed by atoms with Crippen molar-refractivity contribution in [2.75, 3.05) is 0 Å². The largest absolute Gasteiger partial charge is 0.424 e. The lowest BCUT2D eigenvalue weighted by Crippen LogP contribution is -2.04. The zero-order valence-electron chi connectivity index (χ0n) is 9.68. The Balaban J connectivity index is 2.58. The molecule has 0 unspecified atom stereocenters. The lowest BCUT2D eigenvalue weighted by atomic mass is 10.1. The van der Waals surface area contributed by atoms with Gasteiger partial charge in [-0.3, -0.25) is 4.79 Å². The predicted molar refractivity (Wildman–Crippen MR) is 59.3 cm³/mol. The van der Waals surface area contributed by atoms with Crippen LogP contribution >= 0.6 is 0 Å². The van der Waals surface area contributed by atoms with E-state index >= 15 is 0 Å². The minimum Gasteiger partial charge on any atom is -0.424 e. The van der Waals surface area contributed by atoms with Gasteiger partial charge in [0.05, 0.1) is 16.8 Å². The number of carbonyl (C=O) groups excluding carboxylic acids is 1. The highest BCUT2D eigenvalue weighted by Crippen LogP contribution is 2.35. The molecular weight excluding hydrogens is 247 g/mol. The maximum absolute atomic E-state index is 12.5. The van der Waals surface area contributed by atoms with Gasteiger partial charge in [-0.25, -0.2) is 0 Å². The molecule has 0 spiro atoms. The van der Waals surface area contributed by atoms with Crippen LogP contribution in [0.2, 0.25) is 0 Å². The molecule has 1 N–H and O–H groups in total. The van der Waals surface area contributed by atoms with Gasteiger partial charge in [-0.15, -0.1) is 0 Å². The highest BCUT2D eigenvalue weighted by Gasteiger charge is 2.31. The Morgan fingerprint density at radius 2 is 2.00 bits per heavy atom. The molecule has 18 heavy (non-hydrogen) atoms. The van der Waals surface area contributed by atoms with Crippen LogP contribution in [0.25, 0.3) is 10.9 Å². The number of aryl methyl sites for hydroxylation is 1. The fraction of sp³-hybridized carbons (Fsp3) is 0.250. The number of H-pyrrole nitrogens is 1. The number of halogens is 3. The summed E-state index contributed by atoms with van der Waals surface area (Å²) in [5, 5.41) is 0.454. The molecule has 0 saturated carbocycles. The lowest BCUT2D eigenvalue weighted by molar-refractivity contribution is -0.137. The smallest absolute Gasteiger partial charge is 0.416 e. The van der Waals surface area contributed by atoms with Crippen LogP contribution in [-0.2, 0) is 11.0 Å². The second-order valence-corrected chi connectivity index (χ2v) is 3.93. The number of hydrogen-bond donors (Lipinski definition) is 1. The first-order valence-electron chi connectivity index (χ1n) is 5.17. The van der Waals surface area contributed by atoms with Gasteiger partial charge in [0.1, 0.15) is 0 Å². The number of aromatic nitrogens is 1. The number of esters is 1. The van der Waals surface area contributed by atoms with Crippen molar-refractivity contribution in [2.45, 2.75) is 20.0 Å². The van der Waals surface area contributed by atoms with E-state index in [1.165, 1.54) is 13.0 Å². The van der Waals surface area contributed by atoms with E-state index in [0.29, 0.717) is 16.6 Å². The number of fused-ring (bicyclic) bond motifs is 1. The molecule has 0 aliphatic carbocycles. The van der Waals surface area contributed by atoms with E-state index in [1.54, 1.807) is 6.92 Å². The molecule has 0 saturated heterocycles. The van der Waals surface area contributed by atoms with Gasteiger partial charge < -0.3 is 9.72 Å². The standard InChI is InChI=1S/C12H10F3NO2/c1-6-11(18-7(2)17)9-4-3-8(12(13,14)15)5-10(9)16-6/h3-5,16H,1-2H3. The van der Waals surface area contributed by atoms with Crippen molar-refractivity contribution in [1.29, 1.82) is 0 Å². The first kappa shape index (κ1) is 12.5. The Labute approximate surface area is 101 Å². The fourth-order valence-corrected chi connectivity index (χ4v) is 1.76. The Morgan fingerprint density at radius 3 is 2.56 bits per heavy atom. The molecule has 1 aromatic carbocycles. The van der Waals surface area contributed by atoms with Crippen LogP contribution < -0.4 is 4.74 Å². The second kappa shape index (κ2) is 4.04. The second-order valence-electron chi connectivity index (χ2n) is 3.93. The molecule has 0 fully saturated rings. The van der Waals surface area contributed by atoms with Gasteiger partial charge in [0.2, 0.25) is 0 Å². The van der Waals surface area contributed by atoms with E-state index in [-0.39, 0.29) is 5.75 Å². The molecule has 6 heteroatoms. The van der Waals surface area contributed by atoms with Gasteiger partial charge in [0, 0.05) is 12.3 Å². The summed E-state index contributed by atoms with van der Waals surface area (Å²) in [5.74, 6) is -0.245. The van der Waals surface area contributed by atoms with Crippen LogP contribution in [0.4, 0.5) is 13.2 Å². The minimum absolute atomic E-state index is 0.270. The van der Waals surface area contributed by atoms with Gasteiger partial charge in [-0.05, 0) is 25.1 Å². The Bertz CT molecular complexity index is 614. The van der Waals surface area contributed by atoms with Crippen LogP contribution in [0, 0.1) is 6.92 Å². The molecular formula is C12H10F3NO2. The molecule has 0 atom stereocenters. The average molecular weight is 257 g/mol. The SMILES string of the molecule is CC(=O)Oc1c(C)[nH]c2cc(C(F)(F)F)ccc12. The molecule has 0 amide bonds. The number of benzene rings is 1. The van der Waals surface area contributed by atoms with Gasteiger partial charge in [0.25, 0.3) is 0 Å². The summed E-state index contributed by atoms with van der Waals surface area (Å²) in [5.41, 5.74) is 0.0590. The number of alkyl halides is 3. The van der Waals surface area contributed by atoms with Crippen LogP contribution in [0.3, 0.4) is 0 Å². The van der Waals surface area contributed by atoms with E-state index < -0.39 is 17.7 Å². The zero-order chi connectivity index (χ0) is 13.5. The van der Waals surface area contributed by atoms with E-state index in [1.807, 2.05) is 0 Å².